The molecule has 0 spiro atoms. The molecule has 1 rings (SSSR count). The van der Waals surface area contributed by atoms with Crippen LogP contribution in [0.1, 0.15) is 28.4 Å². The predicted octanol–water partition coefficient (Wildman–Crippen LogP) is 3.49. The number of rotatable bonds is 2. The van der Waals surface area contributed by atoms with Crippen LogP contribution >= 0.6 is 11.6 Å². The number of halogens is 1. The van der Waals surface area contributed by atoms with E-state index >= 15 is 0 Å². The summed E-state index contributed by atoms with van der Waals surface area (Å²) in [5.74, 6) is 0. The lowest BCUT2D eigenvalue weighted by Crippen LogP contribution is -1.92. The van der Waals surface area contributed by atoms with Crippen molar-refractivity contribution in [1.29, 1.82) is 0 Å². The van der Waals surface area contributed by atoms with E-state index in [1.807, 2.05) is 19.9 Å². The molecule has 68 valence electrons. The summed E-state index contributed by atoms with van der Waals surface area (Å²) < 4.78 is 0. The molecule has 0 radical (unpaired) electrons. The van der Waals surface area contributed by atoms with Gasteiger partial charge >= 0.3 is 0 Å². The number of carbonyl (C=O) groups excluding carboxylic acids is 1. The van der Waals surface area contributed by atoms with E-state index in [2.05, 4.69) is 6.58 Å². The van der Waals surface area contributed by atoms with Gasteiger partial charge in [-0.2, -0.15) is 0 Å². The van der Waals surface area contributed by atoms with Crippen LogP contribution in [0, 0.1) is 6.92 Å². The first-order valence-electron chi connectivity index (χ1n) is 3.98. The van der Waals surface area contributed by atoms with Crippen LogP contribution in [0.15, 0.2) is 18.7 Å². The maximum Gasteiger partial charge on any atom is 0.150 e. The normalized spacial score (nSPS) is 9.77. The monoisotopic (exact) mass is 194 g/mol. The molecule has 0 fully saturated rings. The van der Waals surface area contributed by atoms with Crippen LogP contribution in [-0.2, 0) is 0 Å². The second-order valence-corrected chi connectivity index (χ2v) is 3.44. The first-order valence-corrected chi connectivity index (χ1v) is 4.36. The van der Waals surface area contributed by atoms with E-state index in [9.17, 15) is 4.79 Å². The SMILES string of the molecule is C=C(C)c1c(C=O)ccc(C)c1Cl. The summed E-state index contributed by atoms with van der Waals surface area (Å²) in [7, 11) is 0. The van der Waals surface area contributed by atoms with Crippen LogP contribution in [0.4, 0.5) is 0 Å². The Balaban J connectivity index is 3.50. The second kappa shape index (κ2) is 3.75. The predicted molar refractivity (Wildman–Crippen MR) is 56.3 cm³/mol. The summed E-state index contributed by atoms with van der Waals surface area (Å²) in [6.07, 6.45) is 0.801. The average Bonchev–Trinajstić information content (AvgIpc) is 2.08. The molecule has 13 heavy (non-hydrogen) atoms. The standard InChI is InChI=1S/C11H11ClO/c1-7(2)10-9(6-13)5-4-8(3)11(10)12/h4-6H,1H2,2-3H3. The van der Waals surface area contributed by atoms with Gasteiger partial charge in [0.2, 0.25) is 0 Å². The van der Waals surface area contributed by atoms with E-state index in [1.165, 1.54) is 0 Å². The highest BCUT2D eigenvalue weighted by atomic mass is 35.5. The van der Waals surface area contributed by atoms with Crippen molar-refractivity contribution in [2.75, 3.05) is 0 Å². The van der Waals surface area contributed by atoms with Crippen LogP contribution in [0.25, 0.3) is 5.57 Å². The van der Waals surface area contributed by atoms with Crippen molar-refractivity contribution >= 4 is 23.5 Å². The van der Waals surface area contributed by atoms with Crippen molar-refractivity contribution in [1.82, 2.24) is 0 Å². The summed E-state index contributed by atoms with van der Waals surface area (Å²) in [6, 6.07) is 3.59. The zero-order chi connectivity index (χ0) is 10.0. The molecule has 0 N–H and O–H groups in total. The highest BCUT2D eigenvalue weighted by Gasteiger charge is 2.09. The summed E-state index contributed by atoms with van der Waals surface area (Å²) in [5, 5.41) is 0.622. The first kappa shape index (κ1) is 10.0. The summed E-state index contributed by atoms with van der Waals surface area (Å²) in [5.41, 5.74) is 3.14. The van der Waals surface area contributed by atoms with Gasteiger partial charge in [0.1, 0.15) is 0 Å². The van der Waals surface area contributed by atoms with Gasteiger partial charge < -0.3 is 0 Å². The van der Waals surface area contributed by atoms with Gasteiger partial charge in [0.15, 0.2) is 6.29 Å². The molecule has 0 saturated heterocycles. The molecule has 0 bridgehead atoms. The fourth-order valence-corrected chi connectivity index (χ4v) is 1.56. The topological polar surface area (TPSA) is 17.1 Å². The molecular weight excluding hydrogens is 184 g/mol. The Morgan fingerprint density at radius 3 is 2.62 bits per heavy atom. The molecular formula is C11H11ClO. The van der Waals surface area contributed by atoms with E-state index < -0.39 is 0 Å². The number of hydrogen-bond acceptors (Lipinski definition) is 1. The van der Waals surface area contributed by atoms with Crippen LogP contribution < -0.4 is 0 Å². The Kier molecular flexibility index (Phi) is 2.89. The lowest BCUT2D eigenvalue weighted by molar-refractivity contribution is 0.112. The molecule has 0 amide bonds. The first-order chi connectivity index (χ1) is 6.07. The minimum Gasteiger partial charge on any atom is -0.298 e. The lowest BCUT2D eigenvalue weighted by atomic mass is 10.0. The Labute approximate surface area is 83.0 Å². The fraction of sp³-hybridized carbons (Fsp3) is 0.182. The minimum absolute atomic E-state index is 0.600. The van der Waals surface area contributed by atoms with Crippen molar-refractivity contribution in [2.24, 2.45) is 0 Å². The molecule has 1 aromatic rings. The Morgan fingerprint density at radius 2 is 2.15 bits per heavy atom. The van der Waals surface area contributed by atoms with Gasteiger partial charge in [-0.25, -0.2) is 0 Å². The van der Waals surface area contributed by atoms with Crippen molar-refractivity contribution in [3.05, 3.63) is 40.4 Å². The smallest absolute Gasteiger partial charge is 0.150 e. The summed E-state index contributed by atoms with van der Waals surface area (Å²) >= 11 is 6.05. The minimum atomic E-state index is 0.600. The number of carbonyl (C=O) groups is 1. The lowest BCUT2D eigenvalue weighted by Gasteiger charge is -2.08. The molecule has 0 atom stereocenters. The molecule has 0 saturated carbocycles. The maximum atomic E-state index is 10.7. The van der Waals surface area contributed by atoms with Gasteiger partial charge in [0, 0.05) is 11.1 Å². The van der Waals surface area contributed by atoms with E-state index in [4.69, 9.17) is 11.6 Å². The third-order valence-electron chi connectivity index (χ3n) is 1.92. The highest BCUT2D eigenvalue weighted by molar-refractivity contribution is 6.33. The van der Waals surface area contributed by atoms with E-state index in [1.54, 1.807) is 6.07 Å². The van der Waals surface area contributed by atoms with Crippen LogP contribution in [0.2, 0.25) is 5.02 Å². The van der Waals surface area contributed by atoms with Gasteiger partial charge in [-0.05, 0) is 25.0 Å². The molecule has 0 aliphatic rings. The van der Waals surface area contributed by atoms with E-state index in [-0.39, 0.29) is 0 Å². The average molecular weight is 195 g/mol. The van der Waals surface area contributed by atoms with Gasteiger partial charge in [-0.3, -0.25) is 4.79 Å². The van der Waals surface area contributed by atoms with Crippen LogP contribution in [-0.4, -0.2) is 6.29 Å². The number of allylic oxidation sites excluding steroid dienone is 1. The van der Waals surface area contributed by atoms with Gasteiger partial charge in [-0.15, -0.1) is 0 Å². The second-order valence-electron chi connectivity index (χ2n) is 3.06. The quantitative estimate of drug-likeness (QED) is 0.659. The van der Waals surface area contributed by atoms with Gasteiger partial charge in [-0.1, -0.05) is 30.3 Å². The van der Waals surface area contributed by atoms with Crippen LogP contribution in [0.3, 0.4) is 0 Å². The maximum absolute atomic E-state index is 10.7. The molecule has 0 aliphatic carbocycles. The third-order valence-corrected chi connectivity index (χ3v) is 2.41. The highest BCUT2D eigenvalue weighted by Crippen LogP contribution is 2.28. The largest absolute Gasteiger partial charge is 0.298 e. The zero-order valence-corrected chi connectivity index (χ0v) is 8.48. The number of hydrogen-bond donors (Lipinski definition) is 0. The van der Waals surface area contributed by atoms with E-state index in [0.717, 1.165) is 23.0 Å². The zero-order valence-electron chi connectivity index (χ0n) is 7.73. The number of aryl methyl sites for hydroxylation is 1. The molecule has 1 aromatic carbocycles. The van der Waals surface area contributed by atoms with Gasteiger partial charge in [0.25, 0.3) is 0 Å². The molecule has 0 aromatic heterocycles. The Morgan fingerprint density at radius 1 is 1.54 bits per heavy atom. The van der Waals surface area contributed by atoms with Crippen molar-refractivity contribution in [3.63, 3.8) is 0 Å². The van der Waals surface area contributed by atoms with Gasteiger partial charge in [0.05, 0.1) is 5.02 Å². The third kappa shape index (κ3) is 1.81. The molecule has 2 heteroatoms. The molecule has 0 aliphatic heterocycles. The van der Waals surface area contributed by atoms with Crippen molar-refractivity contribution in [3.8, 4) is 0 Å². The summed E-state index contributed by atoms with van der Waals surface area (Å²) in [4.78, 5) is 10.7. The van der Waals surface area contributed by atoms with E-state index in [0.29, 0.717) is 10.6 Å². The number of aldehydes is 1. The molecule has 0 unspecified atom stereocenters. The molecule has 0 heterocycles. The Hall–Kier alpha value is -1.08. The fourth-order valence-electron chi connectivity index (χ4n) is 1.23. The van der Waals surface area contributed by atoms with Crippen molar-refractivity contribution < 1.29 is 4.79 Å². The molecule has 1 nitrogen and oxygen atoms in total. The Bertz CT molecular complexity index is 367. The van der Waals surface area contributed by atoms with Crippen LogP contribution in [0.5, 0.6) is 0 Å². The summed E-state index contributed by atoms with van der Waals surface area (Å²) in [6.45, 7) is 7.54. The van der Waals surface area contributed by atoms with Crippen molar-refractivity contribution in [2.45, 2.75) is 13.8 Å². The number of benzene rings is 1.